The number of nitrogens with two attached hydrogens (primary N) is 2. The Morgan fingerprint density at radius 3 is 2.78 bits per heavy atom. The van der Waals surface area contributed by atoms with Crippen LogP contribution in [0.3, 0.4) is 0 Å². The highest BCUT2D eigenvalue weighted by atomic mass is 32.2. The number of hydrazine groups is 1. The second-order valence-electron chi connectivity index (χ2n) is 10.3. The van der Waals surface area contributed by atoms with Crippen LogP contribution in [0.5, 0.6) is 0 Å². The number of anilines is 1. The molecule has 5 aliphatic rings. The molecule has 2 atom stereocenters. The van der Waals surface area contributed by atoms with Gasteiger partial charge in [0.2, 0.25) is 17.4 Å². The number of aromatic nitrogens is 2. The largest absolute Gasteiger partial charge is 0.477 e. The predicted octanol–water partition coefficient (Wildman–Crippen LogP) is 0.544. The average Bonchev–Trinajstić information content (AvgIpc) is 3.77. The quantitative estimate of drug-likeness (QED) is 0.123. The molecule has 1 aromatic heterocycles. The SMILES string of the molecule is NC(=O)CN1C=CN2NC(S/C=C/C3=C(C(=O)O)N4C(=O)[C@@H](NC(=O)/C(=N\OC5CCCC5)c5nsc(N)n5)[C@@H]4SC3)=CC=C12. The van der Waals surface area contributed by atoms with Crippen LogP contribution in [-0.4, -0.2) is 88.5 Å². The van der Waals surface area contributed by atoms with Gasteiger partial charge in [0, 0.05) is 29.7 Å². The van der Waals surface area contributed by atoms with E-state index < -0.39 is 35.1 Å². The maximum Gasteiger partial charge on any atom is 0.352 e. The van der Waals surface area contributed by atoms with Crippen LogP contribution >= 0.6 is 35.1 Å². The van der Waals surface area contributed by atoms with Crippen LogP contribution in [-0.2, 0) is 24.0 Å². The summed E-state index contributed by atoms with van der Waals surface area (Å²) in [5, 5.41) is 20.4. The minimum atomic E-state index is -1.25. The molecule has 1 aliphatic carbocycles. The first kappa shape index (κ1) is 30.5. The number of carbonyl (C=O) groups is 4. The molecular formula is C26H28N10O6S3. The van der Waals surface area contributed by atoms with E-state index in [1.807, 2.05) is 12.2 Å². The molecule has 0 radical (unpaired) electrons. The van der Waals surface area contributed by atoms with Crippen molar-refractivity contribution in [1.29, 1.82) is 0 Å². The number of carboxylic acids is 1. The standard InChI is InChI=1S/C26H28N10O6S3/c27-15(37)11-34-8-9-35-17(34)6-5-16(31-35)43-10-7-13-12-44-24-19(23(39)36(24)20(13)25(40)41)29-22(38)18(21-30-26(28)45-33-21)32-42-14-3-1-2-4-14/h5-10,14,19,24,31H,1-4,11-12H2,(H2,27,37)(H,29,38)(H,40,41)(H2,28,30,33)/b10-7+,32-18-/t19-,24+/m1/s1. The smallest absolute Gasteiger partial charge is 0.352 e. The van der Waals surface area contributed by atoms with Gasteiger partial charge >= 0.3 is 5.97 Å². The molecule has 2 fully saturated rings. The molecule has 6 rings (SSSR count). The number of β-lactam (4-membered cyclic amide) rings is 1. The molecule has 1 saturated heterocycles. The fraction of sp³-hybridized carbons (Fsp3) is 0.346. The fourth-order valence-electron chi connectivity index (χ4n) is 5.19. The monoisotopic (exact) mass is 672 g/mol. The van der Waals surface area contributed by atoms with E-state index in [0.717, 1.165) is 48.1 Å². The van der Waals surface area contributed by atoms with Crippen molar-refractivity contribution in [3.63, 3.8) is 0 Å². The number of carbonyl (C=O) groups excluding carboxylic acids is 3. The number of thioether (sulfide) groups is 2. The van der Waals surface area contributed by atoms with E-state index in [2.05, 4.69) is 25.3 Å². The third-order valence-electron chi connectivity index (χ3n) is 7.29. The van der Waals surface area contributed by atoms with Crippen LogP contribution in [0.1, 0.15) is 31.5 Å². The van der Waals surface area contributed by atoms with Crippen molar-refractivity contribution in [2.24, 2.45) is 10.9 Å². The highest BCUT2D eigenvalue weighted by Crippen LogP contribution is 2.41. The van der Waals surface area contributed by atoms with Crippen LogP contribution < -0.4 is 22.2 Å². The van der Waals surface area contributed by atoms with Gasteiger partial charge in [0.25, 0.3) is 11.8 Å². The number of oxime groups is 1. The maximum absolute atomic E-state index is 13.3. The van der Waals surface area contributed by atoms with Crippen molar-refractivity contribution in [1.82, 2.24) is 34.9 Å². The average molecular weight is 673 g/mol. The molecule has 19 heteroatoms. The van der Waals surface area contributed by atoms with E-state index in [9.17, 15) is 24.3 Å². The zero-order chi connectivity index (χ0) is 31.7. The summed E-state index contributed by atoms with van der Waals surface area (Å²) in [5.74, 6) is -1.98. The molecule has 7 N–H and O–H groups in total. The first-order chi connectivity index (χ1) is 21.7. The fourth-order valence-corrected chi connectivity index (χ4v) is 7.62. The molecule has 236 valence electrons. The molecule has 0 bridgehead atoms. The summed E-state index contributed by atoms with van der Waals surface area (Å²) < 4.78 is 4.07. The zero-order valence-electron chi connectivity index (χ0n) is 23.5. The van der Waals surface area contributed by atoms with Crippen LogP contribution in [0.25, 0.3) is 0 Å². The van der Waals surface area contributed by atoms with Crippen molar-refractivity contribution in [2.75, 3.05) is 18.0 Å². The zero-order valence-corrected chi connectivity index (χ0v) is 25.9. The molecule has 1 aromatic rings. The number of nitrogens with one attached hydrogen (secondary N) is 2. The number of hydrogen-bond donors (Lipinski definition) is 5. The Balaban J connectivity index is 1.12. The Kier molecular flexibility index (Phi) is 8.72. The van der Waals surface area contributed by atoms with E-state index in [0.29, 0.717) is 11.3 Å². The Morgan fingerprint density at radius 1 is 1.27 bits per heavy atom. The number of hydrogen-bond acceptors (Lipinski definition) is 15. The molecule has 3 amide bonds. The Hall–Kier alpha value is -4.49. The highest BCUT2D eigenvalue weighted by molar-refractivity contribution is 8.05. The van der Waals surface area contributed by atoms with Gasteiger partial charge in [0.05, 0.1) is 5.03 Å². The topological polar surface area (TPSA) is 222 Å². The normalized spacial score (nSPS) is 23.0. The minimum absolute atomic E-state index is 0.0120. The van der Waals surface area contributed by atoms with E-state index in [4.69, 9.17) is 16.3 Å². The van der Waals surface area contributed by atoms with Crippen molar-refractivity contribution in [3.8, 4) is 0 Å². The Morgan fingerprint density at radius 2 is 2.07 bits per heavy atom. The molecule has 5 heterocycles. The lowest BCUT2D eigenvalue weighted by Crippen LogP contribution is -2.71. The molecule has 0 unspecified atom stereocenters. The van der Waals surface area contributed by atoms with E-state index in [1.54, 1.807) is 33.8 Å². The van der Waals surface area contributed by atoms with Crippen molar-refractivity contribution >= 4 is 69.6 Å². The van der Waals surface area contributed by atoms with Crippen LogP contribution in [0, 0.1) is 0 Å². The summed E-state index contributed by atoms with van der Waals surface area (Å²) in [6, 6.07) is -0.982. The van der Waals surface area contributed by atoms with Crippen molar-refractivity contribution < 1.29 is 29.1 Å². The number of primary amides is 1. The van der Waals surface area contributed by atoms with Crippen LogP contribution in [0.4, 0.5) is 5.13 Å². The van der Waals surface area contributed by atoms with Crippen LogP contribution in [0.2, 0.25) is 0 Å². The number of allylic oxidation sites excluding steroid dienone is 3. The molecule has 0 spiro atoms. The number of rotatable bonds is 11. The van der Waals surface area contributed by atoms with Crippen molar-refractivity contribution in [2.45, 2.75) is 43.2 Å². The van der Waals surface area contributed by atoms with E-state index in [-0.39, 0.29) is 35.0 Å². The summed E-state index contributed by atoms with van der Waals surface area (Å²) in [6.07, 6.45) is 12.3. The summed E-state index contributed by atoms with van der Waals surface area (Å²) >= 11 is 3.54. The lowest BCUT2D eigenvalue weighted by Gasteiger charge is -2.49. The predicted molar refractivity (Wildman–Crippen MR) is 167 cm³/mol. The number of nitrogen functional groups attached to an aromatic ring is 1. The third kappa shape index (κ3) is 6.36. The summed E-state index contributed by atoms with van der Waals surface area (Å²) in [4.78, 5) is 62.6. The number of amides is 3. The van der Waals surface area contributed by atoms with Crippen LogP contribution in [0.15, 0.2) is 63.3 Å². The van der Waals surface area contributed by atoms with Crippen molar-refractivity contribution in [3.05, 3.63) is 64.0 Å². The van der Waals surface area contributed by atoms with E-state index in [1.165, 1.54) is 28.4 Å². The van der Waals surface area contributed by atoms with Gasteiger partial charge < -0.3 is 31.6 Å². The van der Waals surface area contributed by atoms with Gasteiger partial charge in [-0.15, -0.1) is 11.8 Å². The first-order valence-electron chi connectivity index (χ1n) is 13.8. The first-order valence-corrected chi connectivity index (χ1v) is 16.5. The third-order valence-corrected chi connectivity index (χ3v) is 9.89. The van der Waals surface area contributed by atoms with E-state index >= 15 is 0 Å². The Bertz CT molecular complexity index is 1610. The lowest BCUT2D eigenvalue weighted by atomic mass is 10.0. The molecule has 45 heavy (non-hydrogen) atoms. The molecule has 16 nitrogen and oxygen atoms in total. The second-order valence-corrected chi connectivity index (χ2v) is 13.1. The molecular weight excluding hydrogens is 645 g/mol. The number of aliphatic carboxylic acids is 1. The summed E-state index contributed by atoms with van der Waals surface area (Å²) in [5.41, 5.74) is 14.3. The lowest BCUT2D eigenvalue weighted by molar-refractivity contribution is -0.150. The number of fused-ring (bicyclic) bond motifs is 2. The molecule has 1 saturated carbocycles. The molecule has 4 aliphatic heterocycles. The number of carboxylic acid groups (broad SMARTS) is 1. The van der Waals surface area contributed by atoms with Gasteiger partial charge in [0.15, 0.2) is 5.13 Å². The molecule has 0 aromatic carbocycles. The highest BCUT2D eigenvalue weighted by Gasteiger charge is 2.54. The summed E-state index contributed by atoms with van der Waals surface area (Å²) in [7, 11) is 0. The number of nitrogens with zero attached hydrogens (tertiary/aromatic N) is 6. The van der Waals surface area contributed by atoms with Gasteiger partial charge in [0.1, 0.15) is 35.6 Å². The van der Waals surface area contributed by atoms with Gasteiger partial charge in [-0.05, 0) is 54.9 Å². The second kappa shape index (κ2) is 12.9. The van der Waals surface area contributed by atoms with Gasteiger partial charge in [-0.3, -0.25) is 24.7 Å². The van der Waals surface area contributed by atoms with Gasteiger partial charge in [-0.25, -0.2) is 9.80 Å². The summed E-state index contributed by atoms with van der Waals surface area (Å²) in [6.45, 7) is 0.0446. The minimum Gasteiger partial charge on any atom is -0.477 e. The Labute approximate surface area is 269 Å². The van der Waals surface area contributed by atoms with Gasteiger partial charge in [-0.1, -0.05) is 16.9 Å². The maximum atomic E-state index is 13.3. The van der Waals surface area contributed by atoms with Gasteiger partial charge in [-0.2, -0.15) is 9.36 Å².